The Hall–Kier alpha value is -1.06. The molecule has 2 atom stereocenters. The van der Waals surface area contributed by atoms with Crippen molar-refractivity contribution in [1.29, 1.82) is 0 Å². The van der Waals surface area contributed by atoms with Crippen LogP contribution >= 0.6 is 0 Å². The van der Waals surface area contributed by atoms with Gasteiger partial charge in [0.2, 0.25) is 0 Å². The summed E-state index contributed by atoms with van der Waals surface area (Å²) in [5.74, 6) is 1.05. The summed E-state index contributed by atoms with van der Waals surface area (Å²) in [5.41, 5.74) is 1.14. The molecule has 0 aliphatic carbocycles. The first-order chi connectivity index (χ1) is 6.81. The molecule has 1 aromatic rings. The van der Waals surface area contributed by atoms with E-state index >= 15 is 0 Å². The zero-order valence-electron chi connectivity index (χ0n) is 8.23. The summed E-state index contributed by atoms with van der Waals surface area (Å²) in [6.07, 6.45) is -0.276. The molecular formula is C11H15NO2. The summed E-state index contributed by atoms with van der Waals surface area (Å²) < 4.78 is 5.15. The van der Waals surface area contributed by atoms with Crippen molar-refractivity contribution in [3.05, 3.63) is 29.8 Å². The lowest BCUT2D eigenvalue weighted by Gasteiger charge is -2.14. The minimum Gasteiger partial charge on any atom is -0.497 e. The average molecular weight is 193 g/mol. The number of methoxy groups -OCH3 is 1. The molecule has 0 amide bonds. The van der Waals surface area contributed by atoms with Crippen LogP contribution in [0.1, 0.15) is 11.5 Å². The van der Waals surface area contributed by atoms with E-state index in [1.165, 1.54) is 0 Å². The van der Waals surface area contributed by atoms with Gasteiger partial charge in [-0.2, -0.15) is 0 Å². The summed E-state index contributed by atoms with van der Waals surface area (Å²) in [6, 6.07) is 7.89. The summed E-state index contributed by atoms with van der Waals surface area (Å²) >= 11 is 0. The summed E-state index contributed by atoms with van der Waals surface area (Å²) in [5, 5.41) is 12.9. The van der Waals surface area contributed by atoms with Gasteiger partial charge in [0.15, 0.2) is 0 Å². The van der Waals surface area contributed by atoms with Crippen molar-refractivity contribution >= 4 is 0 Å². The summed E-state index contributed by atoms with van der Waals surface area (Å²) in [4.78, 5) is 0. The number of ether oxygens (including phenoxy) is 1. The van der Waals surface area contributed by atoms with E-state index < -0.39 is 0 Å². The third-order valence-corrected chi connectivity index (χ3v) is 2.70. The molecule has 3 heteroatoms. The number of rotatable bonds is 2. The van der Waals surface area contributed by atoms with E-state index in [1.54, 1.807) is 7.11 Å². The number of hydrogen-bond acceptors (Lipinski definition) is 3. The molecular weight excluding hydrogens is 178 g/mol. The van der Waals surface area contributed by atoms with Crippen molar-refractivity contribution in [2.75, 3.05) is 20.2 Å². The topological polar surface area (TPSA) is 41.5 Å². The summed E-state index contributed by atoms with van der Waals surface area (Å²) in [7, 11) is 1.66. The Morgan fingerprint density at radius 3 is 2.93 bits per heavy atom. The molecule has 1 aliphatic rings. The van der Waals surface area contributed by atoms with Crippen molar-refractivity contribution in [2.45, 2.75) is 12.0 Å². The average Bonchev–Trinajstić information content (AvgIpc) is 2.65. The van der Waals surface area contributed by atoms with E-state index in [4.69, 9.17) is 4.74 Å². The Balaban J connectivity index is 2.22. The molecule has 1 heterocycles. The molecule has 1 aliphatic heterocycles. The fourth-order valence-corrected chi connectivity index (χ4v) is 1.88. The van der Waals surface area contributed by atoms with Crippen LogP contribution < -0.4 is 10.1 Å². The number of β-amino-alcohol motifs (C(OH)–C–C–N with tert-alkyl or cyclic N) is 1. The monoisotopic (exact) mass is 193 g/mol. The number of benzene rings is 1. The molecule has 3 nitrogen and oxygen atoms in total. The molecule has 14 heavy (non-hydrogen) atoms. The molecule has 0 spiro atoms. The Morgan fingerprint density at radius 1 is 1.43 bits per heavy atom. The standard InChI is InChI=1S/C11H15NO2/c1-14-9-4-2-3-8(5-9)10-6-12-7-11(10)13/h2-5,10-13H,6-7H2,1H3/t10-,11+/m0/s1. The van der Waals surface area contributed by atoms with Gasteiger partial charge >= 0.3 is 0 Å². The number of aliphatic hydroxyl groups excluding tert-OH is 1. The quantitative estimate of drug-likeness (QED) is 0.728. The van der Waals surface area contributed by atoms with E-state index in [1.807, 2.05) is 24.3 Å². The van der Waals surface area contributed by atoms with Crippen LogP contribution in [0.4, 0.5) is 0 Å². The van der Waals surface area contributed by atoms with Crippen LogP contribution in [0.15, 0.2) is 24.3 Å². The number of hydrogen-bond donors (Lipinski definition) is 2. The zero-order valence-corrected chi connectivity index (χ0v) is 8.23. The third kappa shape index (κ3) is 1.74. The molecule has 76 valence electrons. The Bertz CT molecular complexity index is 314. The van der Waals surface area contributed by atoms with Gasteiger partial charge in [-0.15, -0.1) is 0 Å². The minimum atomic E-state index is -0.276. The molecule has 0 unspecified atom stereocenters. The molecule has 1 saturated heterocycles. The smallest absolute Gasteiger partial charge is 0.119 e. The van der Waals surface area contributed by atoms with Crippen LogP contribution in [0.5, 0.6) is 5.75 Å². The highest BCUT2D eigenvalue weighted by Crippen LogP contribution is 2.25. The maximum atomic E-state index is 9.70. The third-order valence-electron chi connectivity index (χ3n) is 2.70. The first-order valence-electron chi connectivity index (χ1n) is 4.84. The van der Waals surface area contributed by atoms with Crippen LogP contribution in [0.25, 0.3) is 0 Å². The van der Waals surface area contributed by atoms with Gasteiger partial charge in [0.05, 0.1) is 13.2 Å². The highest BCUT2D eigenvalue weighted by molar-refractivity contribution is 5.32. The zero-order chi connectivity index (χ0) is 9.97. The fourth-order valence-electron chi connectivity index (χ4n) is 1.88. The minimum absolute atomic E-state index is 0.199. The van der Waals surface area contributed by atoms with Crippen molar-refractivity contribution in [3.63, 3.8) is 0 Å². The SMILES string of the molecule is COc1cccc([C@@H]2CNC[C@H]2O)c1. The van der Waals surface area contributed by atoms with Crippen LogP contribution in [-0.4, -0.2) is 31.4 Å². The molecule has 0 radical (unpaired) electrons. The Morgan fingerprint density at radius 2 is 2.29 bits per heavy atom. The van der Waals surface area contributed by atoms with Crippen LogP contribution in [0.2, 0.25) is 0 Å². The van der Waals surface area contributed by atoms with Crippen LogP contribution in [0, 0.1) is 0 Å². The second-order valence-electron chi connectivity index (χ2n) is 3.61. The lowest BCUT2D eigenvalue weighted by molar-refractivity contribution is 0.177. The van der Waals surface area contributed by atoms with Gasteiger partial charge in [-0.1, -0.05) is 12.1 Å². The Kier molecular flexibility index (Phi) is 2.70. The van der Waals surface area contributed by atoms with Gasteiger partial charge in [0, 0.05) is 19.0 Å². The highest BCUT2D eigenvalue weighted by atomic mass is 16.5. The van der Waals surface area contributed by atoms with Gasteiger partial charge < -0.3 is 15.2 Å². The predicted octanol–water partition coefficient (Wildman–Crippen LogP) is 0.743. The predicted molar refractivity (Wildman–Crippen MR) is 54.6 cm³/mol. The normalized spacial score (nSPS) is 26.4. The van der Waals surface area contributed by atoms with Crippen molar-refractivity contribution in [1.82, 2.24) is 5.32 Å². The molecule has 2 N–H and O–H groups in total. The fraction of sp³-hybridized carbons (Fsp3) is 0.455. The van der Waals surface area contributed by atoms with E-state index in [0.29, 0.717) is 6.54 Å². The van der Waals surface area contributed by atoms with E-state index in [-0.39, 0.29) is 12.0 Å². The first kappa shape index (κ1) is 9.49. The van der Waals surface area contributed by atoms with E-state index in [2.05, 4.69) is 5.32 Å². The number of nitrogens with one attached hydrogen (secondary N) is 1. The van der Waals surface area contributed by atoms with Crippen molar-refractivity contribution < 1.29 is 9.84 Å². The molecule has 0 saturated carbocycles. The van der Waals surface area contributed by atoms with E-state index in [9.17, 15) is 5.11 Å². The molecule has 1 aromatic carbocycles. The van der Waals surface area contributed by atoms with Gasteiger partial charge in [0.1, 0.15) is 5.75 Å². The molecule has 0 bridgehead atoms. The molecule has 1 fully saturated rings. The number of aliphatic hydroxyl groups is 1. The molecule has 0 aromatic heterocycles. The lowest BCUT2D eigenvalue weighted by atomic mass is 9.96. The van der Waals surface area contributed by atoms with Gasteiger partial charge in [0.25, 0.3) is 0 Å². The van der Waals surface area contributed by atoms with Gasteiger partial charge in [-0.3, -0.25) is 0 Å². The Labute approximate surface area is 83.7 Å². The van der Waals surface area contributed by atoms with Crippen molar-refractivity contribution in [2.24, 2.45) is 0 Å². The van der Waals surface area contributed by atoms with E-state index in [0.717, 1.165) is 17.9 Å². The van der Waals surface area contributed by atoms with Gasteiger partial charge in [-0.25, -0.2) is 0 Å². The molecule has 2 rings (SSSR count). The second kappa shape index (κ2) is 3.98. The maximum Gasteiger partial charge on any atom is 0.119 e. The first-order valence-corrected chi connectivity index (χ1v) is 4.84. The van der Waals surface area contributed by atoms with Crippen molar-refractivity contribution in [3.8, 4) is 5.75 Å². The van der Waals surface area contributed by atoms with Crippen LogP contribution in [-0.2, 0) is 0 Å². The summed E-state index contributed by atoms with van der Waals surface area (Å²) in [6.45, 7) is 1.52. The van der Waals surface area contributed by atoms with Crippen LogP contribution in [0.3, 0.4) is 0 Å². The lowest BCUT2D eigenvalue weighted by Crippen LogP contribution is -2.16. The highest BCUT2D eigenvalue weighted by Gasteiger charge is 2.26. The largest absolute Gasteiger partial charge is 0.497 e. The maximum absolute atomic E-state index is 9.70. The van der Waals surface area contributed by atoms with Gasteiger partial charge in [-0.05, 0) is 17.7 Å². The second-order valence-corrected chi connectivity index (χ2v) is 3.61.